The number of hydrogen-bond donors (Lipinski definition) is 1. The minimum atomic E-state index is -0.0807. The van der Waals surface area contributed by atoms with Gasteiger partial charge in [0.15, 0.2) is 0 Å². The zero-order valence-electron chi connectivity index (χ0n) is 15.1. The maximum Gasteiger partial charge on any atom is 0.263 e. The van der Waals surface area contributed by atoms with E-state index in [1.165, 1.54) is 22.7 Å². The van der Waals surface area contributed by atoms with E-state index in [1.807, 2.05) is 22.4 Å². The number of nitrogens with one attached hydrogen (secondary N) is 1. The summed E-state index contributed by atoms with van der Waals surface area (Å²) in [5.74, 6) is 0.342. The van der Waals surface area contributed by atoms with Gasteiger partial charge in [0.05, 0.1) is 4.88 Å². The highest BCUT2D eigenvalue weighted by Crippen LogP contribution is 2.27. The van der Waals surface area contributed by atoms with Gasteiger partial charge in [-0.05, 0) is 30.7 Å². The number of anilines is 1. The molecule has 1 aliphatic heterocycles. The highest BCUT2D eigenvalue weighted by Gasteiger charge is 2.28. The molecule has 0 aliphatic carbocycles. The monoisotopic (exact) mass is 392 g/mol. The zero-order chi connectivity index (χ0) is 18.5. The molecule has 2 amide bonds. The number of nitrogens with zero attached hydrogens (tertiary/aromatic N) is 3. The summed E-state index contributed by atoms with van der Waals surface area (Å²) < 4.78 is 0. The number of aromatic nitrogens is 2. The van der Waals surface area contributed by atoms with E-state index >= 15 is 0 Å². The number of piperidine rings is 1. The molecule has 1 unspecified atom stereocenters. The smallest absolute Gasteiger partial charge is 0.263 e. The summed E-state index contributed by atoms with van der Waals surface area (Å²) in [6, 6.07) is 3.73. The molecule has 1 atom stereocenters. The first kappa shape index (κ1) is 19.0. The third-order valence-electron chi connectivity index (χ3n) is 4.70. The summed E-state index contributed by atoms with van der Waals surface area (Å²) in [6.07, 6.45) is 3.53. The molecule has 2 aromatic rings. The lowest BCUT2D eigenvalue weighted by molar-refractivity contribution is -0.121. The van der Waals surface area contributed by atoms with Gasteiger partial charge >= 0.3 is 0 Å². The van der Waals surface area contributed by atoms with Crippen molar-refractivity contribution >= 4 is 39.6 Å². The lowest BCUT2D eigenvalue weighted by atomic mass is 9.96. The summed E-state index contributed by atoms with van der Waals surface area (Å²) in [5, 5.41) is 14.7. The van der Waals surface area contributed by atoms with Crippen molar-refractivity contribution in [2.45, 2.75) is 45.4 Å². The number of likely N-dealkylation sites (tertiary alicyclic amines) is 1. The molecule has 0 aromatic carbocycles. The Morgan fingerprint density at radius 2 is 2.12 bits per heavy atom. The number of rotatable bonds is 6. The van der Waals surface area contributed by atoms with Crippen molar-refractivity contribution in [1.29, 1.82) is 0 Å². The van der Waals surface area contributed by atoms with Crippen LogP contribution in [0.15, 0.2) is 17.5 Å². The van der Waals surface area contributed by atoms with E-state index in [9.17, 15) is 9.59 Å². The second-order valence-corrected chi connectivity index (χ2v) is 8.62. The summed E-state index contributed by atoms with van der Waals surface area (Å²) >= 11 is 2.92. The minimum Gasteiger partial charge on any atom is -0.338 e. The summed E-state index contributed by atoms with van der Waals surface area (Å²) in [4.78, 5) is 27.5. The molecular weight excluding hydrogens is 368 g/mol. The molecule has 8 heteroatoms. The van der Waals surface area contributed by atoms with Crippen molar-refractivity contribution in [2.75, 3.05) is 18.4 Å². The third-order valence-corrected chi connectivity index (χ3v) is 6.63. The van der Waals surface area contributed by atoms with E-state index in [1.54, 1.807) is 0 Å². The zero-order valence-corrected chi connectivity index (χ0v) is 16.7. The van der Waals surface area contributed by atoms with Gasteiger partial charge in [-0.3, -0.25) is 9.59 Å². The second-order valence-electron chi connectivity index (χ2n) is 6.67. The Bertz CT molecular complexity index is 736. The molecule has 140 valence electrons. The maximum absolute atomic E-state index is 12.5. The summed E-state index contributed by atoms with van der Waals surface area (Å²) in [5.41, 5.74) is 0. The van der Waals surface area contributed by atoms with Gasteiger partial charge in [0.2, 0.25) is 11.0 Å². The van der Waals surface area contributed by atoms with Crippen molar-refractivity contribution in [2.24, 2.45) is 5.92 Å². The molecule has 1 fully saturated rings. The highest BCUT2D eigenvalue weighted by atomic mass is 32.1. The van der Waals surface area contributed by atoms with Gasteiger partial charge in [0, 0.05) is 24.9 Å². The molecule has 6 nitrogen and oxygen atoms in total. The predicted octanol–water partition coefficient (Wildman–Crippen LogP) is 3.99. The topological polar surface area (TPSA) is 75.2 Å². The largest absolute Gasteiger partial charge is 0.338 e. The molecule has 1 saturated heterocycles. The molecule has 1 aliphatic rings. The van der Waals surface area contributed by atoms with Crippen LogP contribution in [0.2, 0.25) is 0 Å². The number of carbonyl (C=O) groups is 2. The van der Waals surface area contributed by atoms with Crippen LogP contribution in [0.1, 0.15) is 60.1 Å². The minimum absolute atomic E-state index is 0.0148. The normalized spacial score (nSPS) is 16.5. The van der Waals surface area contributed by atoms with Crippen LogP contribution in [0.3, 0.4) is 0 Å². The quantitative estimate of drug-likeness (QED) is 0.806. The number of carbonyl (C=O) groups excluding carboxylic acids is 2. The fraction of sp³-hybridized carbons (Fsp3) is 0.556. The van der Waals surface area contributed by atoms with Gasteiger partial charge in [-0.1, -0.05) is 37.7 Å². The Hall–Kier alpha value is -1.80. The highest BCUT2D eigenvalue weighted by molar-refractivity contribution is 7.15. The molecule has 26 heavy (non-hydrogen) atoms. The lowest BCUT2D eigenvalue weighted by Crippen LogP contribution is -2.41. The molecule has 3 rings (SSSR count). The van der Waals surface area contributed by atoms with E-state index in [0.717, 1.165) is 22.7 Å². The second kappa shape index (κ2) is 8.73. The first-order valence-electron chi connectivity index (χ1n) is 9.05. The molecule has 1 N–H and O–H groups in total. The SMILES string of the molecule is CCCC(C)c1nnc(NC(=O)C2CCN(C(=O)c3cccs3)CC2)s1. The average Bonchev–Trinajstić information content (AvgIpc) is 3.33. The van der Waals surface area contributed by atoms with Crippen LogP contribution in [-0.4, -0.2) is 40.0 Å². The van der Waals surface area contributed by atoms with Gasteiger partial charge in [-0.15, -0.1) is 21.5 Å². The Morgan fingerprint density at radius 3 is 2.77 bits per heavy atom. The molecular formula is C18H24N4O2S2. The van der Waals surface area contributed by atoms with Crippen LogP contribution >= 0.6 is 22.7 Å². The maximum atomic E-state index is 12.5. The Kier molecular flexibility index (Phi) is 6.37. The van der Waals surface area contributed by atoms with Crippen molar-refractivity contribution in [1.82, 2.24) is 15.1 Å². The average molecular weight is 393 g/mol. The van der Waals surface area contributed by atoms with Crippen molar-refractivity contribution in [3.63, 3.8) is 0 Å². The number of thiophene rings is 1. The van der Waals surface area contributed by atoms with E-state index < -0.39 is 0 Å². The number of amides is 2. The fourth-order valence-electron chi connectivity index (χ4n) is 3.15. The van der Waals surface area contributed by atoms with Crippen molar-refractivity contribution in [3.05, 3.63) is 27.4 Å². The third kappa shape index (κ3) is 4.48. The molecule has 3 heterocycles. The molecule has 2 aromatic heterocycles. The first-order valence-corrected chi connectivity index (χ1v) is 10.7. The fourth-order valence-corrected chi connectivity index (χ4v) is 4.67. The Balaban J connectivity index is 1.50. The van der Waals surface area contributed by atoms with E-state index in [-0.39, 0.29) is 17.7 Å². The first-order chi connectivity index (χ1) is 12.6. The van der Waals surface area contributed by atoms with E-state index in [4.69, 9.17) is 0 Å². The van der Waals surface area contributed by atoms with E-state index in [2.05, 4.69) is 29.4 Å². The molecule has 0 bridgehead atoms. The van der Waals surface area contributed by atoms with Crippen molar-refractivity contribution in [3.8, 4) is 0 Å². The van der Waals surface area contributed by atoms with Gasteiger partial charge in [-0.25, -0.2) is 0 Å². The van der Waals surface area contributed by atoms with Gasteiger partial charge in [0.25, 0.3) is 5.91 Å². The van der Waals surface area contributed by atoms with Gasteiger partial charge < -0.3 is 10.2 Å². The van der Waals surface area contributed by atoms with Crippen molar-refractivity contribution < 1.29 is 9.59 Å². The Morgan fingerprint density at radius 1 is 1.35 bits per heavy atom. The summed E-state index contributed by atoms with van der Waals surface area (Å²) in [7, 11) is 0. The van der Waals surface area contributed by atoms with Crippen LogP contribution < -0.4 is 5.32 Å². The Labute approximate surface area is 161 Å². The predicted molar refractivity (Wildman–Crippen MR) is 105 cm³/mol. The van der Waals surface area contributed by atoms with Gasteiger partial charge in [-0.2, -0.15) is 0 Å². The molecule has 0 radical (unpaired) electrons. The molecule has 0 saturated carbocycles. The summed E-state index contributed by atoms with van der Waals surface area (Å²) in [6.45, 7) is 5.51. The van der Waals surface area contributed by atoms with E-state index in [0.29, 0.717) is 37.0 Å². The molecule has 0 spiro atoms. The lowest BCUT2D eigenvalue weighted by Gasteiger charge is -2.30. The van der Waals surface area contributed by atoms with Crippen LogP contribution in [0, 0.1) is 5.92 Å². The standard InChI is InChI=1S/C18H24N4O2S2/c1-3-5-12(2)16-20-21-18(26-16)19-15(23)13-7-9-22(10-8-13)17(24)14-6-4-11-25-14/h4,6,11-13H,3,5,7-10H2,1-2H3,(H,19,21,23). The van der Waals surface area contributed by atoms with Gasteiger partial charge in [0.1, 0.15) is 5.01 Å². The van der Waals surface area contributed by atoms with Crippen LogP contribution in [-0.2, 0) is 4.79 Å². The van der Waals surface area contributed by atoms with Crippen LogP contribution in [0.25, 0.3) is 0 Å². The number of hydrogen-bond acceptors (Lipinski definition) is 6. The van der Waals surface area contributed by atoms with Crippen LogP contribution in [0.4, 0.5) is 5.13 Å². The van der Waals surface area contributed by atoms with Crippen LogP contribution in [0.5, 0.6) is 0 Å².